The maximum atomic E-state index is 12.8. The Kier molecular flexibility index (Phi) is 3.90. The van der Waals surface area contributed by atoms with Crippen molar-refractivity contribution in [1.82, 2.24) is 40.1 Å². The minimum Gasteiger partial charge on any atom is -0.334 e. The van der Waals surface area contributed by atoms with Crippen molar-refractivity contribution in [2.24, 2.45) is 0 Å². The second kappa shape index (κ2) is 6.69. The average Bonchev–Trinajstić information content (AvgIpc) is 3.40. The summed E-state index contributed by atoms with van der Waals surface area (Å²) in [6.45, 7) is 1.21. The molecule has 1 fully saturated rings. The Labute approximate surface area is 160 Å². The van der Waals surface area contributed by atoms with Gasteiger partial charge in [-0.25, -0.2) is 9.36 Å². The van der Waals surface area contributed by atoms with Gasteiger partial charge in [0.15, 0.2) is 0 Å². The van der Waals surface area contributed by atoms with Crippen LogP contribution in [-0.2, 0) is 0 Å². The van der Waals surface area contributed by atoms with Crippen LogP contribution in [0.15, 0.2) is 67.1 Å². The number of amides is 1. The number of carbonyl (C=O) groups is 1. The molecular weight excluding hydrogens is 356 g/mol. The van der Waals surface area contributed by atoms with Crippen LogP contribution in [0.25, 0.3) is 16.9 Å². The number of carbonyl (C=O) groups excluding carboxylic acids is 1. The lowest BCUT2D eigenvalue weighted by atomic mass is 10.1. The molecule has 1 amide bonds. The molecule has 138 valence electrons. The smallest absolute Gasteiger partial charge is 0.254 e. The predicted octanol–water partition coefficient (Wildman–Crippen LogP) is 1.62. The van der Waals surface area contributed by atoms with Crippen LogP contribution < -0.4 is 0 Å². The molecule has 9 heteroatoms. The highest BCUT2D eigenvalue weighted by atomic mass is 16.2. The summed E-state index contributed by atoms with van der Waals surface area (Å²) in [6.07, 6.45) is 3.43. The molecule has 2 aromatic carbocycles. The van der Waals surface area contributed by atoms with Crippen LogP contribution in [0, 0.1) is 0 Å². The Bertz CT molecular complexity index is 1100. The molecule has 28 heavy (non-hydrogen) atoms. The number of rotatable bonds is 4. The Morgan fingerprint density at radius 3 is 2.64 bits per heavy atom. The van der Waals surface area contributed by atoms with Crippen LogP contribution >= 0.6 is 0 Å². The van der Waals surface area contributed by atoms with Gasteiger partial charge in [-0.15, -0.1) is 10.2 Å². The van der Waals surface area contributed by atoms with Crippen molar-refractivity contribution >= 4 is 5.91 Å². The number of benzene rings is 2. The van der Waals surface area contributed by atoms with Crippen molar-refractivity contribution in [3.63, 3.8) is 0 Å². The third kappa shape index (κ3) is 2.92. The molecule has 0 aliphatic carbocycles. The molecule has 1 saturated heterocycles. The van der Waals surface area contributed by atoms with E-state index in [1.54, 1.807) is 17.0 Å². The zero-order valence-corrected chi connectivity index (χ0v) is 14.8. The number of hydrogen-bond acceptors (Lipinski definition) is 6. The third-order valence-corrected chi connectivity index (χ3v) is 4.81. The zero-order chi connectivity index (χ0) is 18.9. The number of likely N-dealkylation sites (tertiary alicyclic amines) is 1. The van der Waals surface area contributed by atoms with Crippen molar-refractivity contribution in [3.05, 3.63) is 72.7 Å². The van der Waals surface area contributed by atoms with Crippen LogP contribution in [0.2, 0.25) is 0 Å². The highest BCUT2D eigenvalue weighted by Gasteiger charge is 2.33. The van der Waals surface area contributed by atoms with Gasteiger partial charge < -0.3 is 4.90 Å². The summed E-state index contributed by atoms with van der Waals surface area (Å²) in [5.74, 6) is -0.0189. The van der Waals surface area contributed by atoms with Gasteiger partial charge in [0.1, 0.15) is 12.0 Å². The molecule has 0 spiro atoms. The molecule has 4 aromatic rings. The van der Waals surface area contributed by atoms with E-state index in [2.05, 4.69) is 25.8 Å². The summed E-state index contributed by atoms with van der Waals surface area (Å²) in [7, 11) is 0. The van der Waals surface area contributed by atoms with Crippen LogP contribution in [0.4, 0.5) is 0 Å². The van der Waals surface area contributed by atoms with Crippen LogP contribution in [-0.4, -0.2) is 59.1 Å². The SMILES string of the molecule is O=C(c1cccc(-n2cnnn2)c1)N1CC(n2cc(-c3ccccc3)nn2)C1. The van der Waals surface area contributed by atoms with E-state index in [9.17, 15) is 4.79 Å². The van der Waals surface area contributed by atoms with E-state index in [0.29, 0.717) is 18.7 Å². The lowest BCUT2D eigenvalue weighted by Gasteiger charge is -2.38. The van der Waals surface area contributed by atoms with Gasteiger partial charge >= 0.3 is 0 Å². The molecule has 1 aliphatic heterocycles. The van der Waals surface area contributed by atoms with Gasteiger partial charge in [-0.05, 0) is 28.6 Å². The molecule has 0 saturated carbocycles. The van der Waals surface area contributed by atoms with Gasteiger partial charge in [0, 0.05) is 24.2 Å². The summed E-state index contributed by atoms with van der Waals surface area (Å²) >= 11 is 0. The first kappa shape index (κ1) is 16.3. The highest BCUT2D eigenvalue weighted by Crippen LogP contribution is 2.25. The van der Waals surface area contributed by atoms with Gasteiger partial charge in [-0.2, -0.15) is 0 Å². The van der Waals surface area contributed by atoms with Crippen molar-refractivity contribution < 1.29 is 4.79 Å². The van der Waals surface area contributed by atoms with Gasteiger partial charge in [-0.3, -0.25) is 4.79 Å². The third-order valence-electron chi connectivity index (χ3n) is 4.81. The maximum Gasteiger partial charge on any atom is 0.254 e. The number of tetrazole rings is 1. The van der Waals surface area contributed by atoms with Crippen molar-refractivity contribution in [3.8, 4) is 16.9 Å². The molecule has 0 N–H and O–H groups in total. The summed E-state index contributed by atoms with van der Waals surface area (Å²) in [6, 6.07) is 17.3. The molecule has 2 aromatic heterocycles. The quantitative estimate of drug-likeness (QED) is 0.540. The van der Waals surface area contributed by atoms with E-state index in [0.717, 1.165) is 16.9 Å². The summed E-state index contributed by atoms with van der Waals surface area (Å²) in [5.41, 5.74) is 3.21. The molecule has 1 aliphatic rings. The zero-order valence-electron chi connectivity index (χ0n) is 14.8. The van der Waals surface area contributed by atoms with Crippen LogP contribution in [0.1, 0.15) is 16.4 Å². The maximum absolute atomic E-state index is 12.8. The average molecular weight is 372 g/mol. The van der Waals surface area contributed by atoms with E-state index in [1.165, 1.54) is 11.0 Å². The van der Waals surface area contributed by atoms with Crippen molar-refractivity contribution in [2.75, 3.05) is 13.1 Å². The van der Waals surface area contributed by atoms with Crippen LogP contribution in [0.5, 0.6) is 0 Å². The van der Waals surface area contributed by atoms with E-state index < -0.39 is 0 Å². The normalized spacial score (nSPS) is 14.1. The lowest BCUT2D eigenvalue weighted by Crippen LogP contribution is -2.50. The van der Waals surface area contributed by atoms with E-state index >= 15 is 0 Å². The van der Waals surface area contributed by atoms with Gasteiger partial charge in [-0.1, -0.05) is 41.6 Å². The fourth-order valence-electron chi connectivity index (χ4n) is 3.23. The van der Waals surface area contributed by atoms with Gasteiger partial charge in [0.05, 0.1) is 17.9 Å². The number of hydrogen-bond donors (Lipinski definition) is 0. The first-order valence-corrected chi connectivity index (χ1v) is 8.88. The Morgan fingerprint density at radius 1 is 1.00 bits per heavy atom. The second-order valence-corrected chi connectivity index (χ2v) is 6.62. The first-order chi connectivity index (χ1) is 13.8. The van der Waals surface area contributed by atoms with Crippen LogP contribution in [0.3, 0.4) is 0 Å². The number of nitrogens with zero attached hydrogens (tertiary/aromatic N) is 8. The highest BCUT2D eigenvalue weighted by molar-refractivity contribution is 5.95. The second-order valence-electron chi connectivity index (χ2n) is 6.62. The predicted molar refractivity (Wildman–Crippen MR) is 99.6 cm³/mol. The van der Waals surface area contributed by atoms with Gasteiger partial charge in [0.2, 0.25) is 0 Å². The largest absolute Gasteiger partial charge is 0.334 e. The summed E-state index contributed by atoms with van der Waals surface area (Å²) in [4.78, 5) is 14.6. The fourth-order valence-corrected chi connectivity index (χ4v) is 3.23. The molecule has 0 radical (unpaired) electrons. The molecule has 0 unspecified atom stereocenters. The van der Waals surface area contributed by atoms with Crippen molar-refractivity contribution in [1.29, 1.82) is 0 Å². The topological polar surface area (TPSA) is 94.6 Å². The minimum absolute atomic E-state index is 0.0189. The molecule has 0 atom stereocenters. The fraction of sp³-hybridized carbons (Fsp3) is 0.158. The summed E-state index contributed by atoms with van der Waals surface area (Å²) in [5, 5.41) is 19.6. The Balaban J connectivity index is 1.27. The first-order valence-electron chi connectivity index (χ1n) is 8.88. The van der Waals surface area contributed by atoms with Gasteiger partial charge in [0.25, 0.3) is 5.91 Å². The molecule has 0 bridgehead atoms. The molecule has 9 nitrogen and oxygen atoms in total. The Morgan fingerprint density at radius 2 is 1.86 bits per heavy atom. The monoisotopic (exact) mass is 372 g/mol. The minimum atomic E-state index is -0.0189. The van der Waals surface area contributed by atoms with Crippen molar-refractivity contribution in [2.45, 2.75) is 6.04 Å². The Hall–Kier alpha value is -3.88. The molecule has 5 rings (SSSR count). The molecular formula is C19H16N8O. The summed E-state index contributed by atoms with van der Waals surface area (Å²) < 4.78 is 3.36. The van der Waals surface area contributed by atoms with E-state index in [-0.39, 0.29) is 11.9 Å². The number of aromatic nitrogens is 7. The van der Waals surface area contributed by atoms with E-state index in [4.69, 9.17) is 0 Å². The lowest BCUT2D eigenvalue weighted by molar-refractivity contribution is 0.0498. The standard InChI is InChI=1S/C19H16N8O/c28-19(15-7-4-8-16(9-15)27-13-20-22-24-27)25-10-17(11-25)26-12-18(21-23-26)14-5-2-1-3-6-14/h1-9,12-13,17H,10-11H2. The molecule has 3 heterocycles. The van der Waals surface area contributed by atoms with E-state index in [1.807, 2.05) is 53.3 Å².